The first-order valence-electron chi connectivity index (χ1n) is 8.02. The number of hydrogen-bond acceptors (Lipinski definition) is 5. The number of anilines is 1. The van der Waals surface area contributed by atoms with Crippen molar-refractivity contribution in [2.75, 3.05) is 31.7 Å². The molecule has 1 atom stereocenters. The molecule has 1 fully saturated rings. The minimum Gasteiger partial charge on any atom is -0.494 e. The Labute approximate surface area is 142 Å². The molecule has 23 heavy (non-hydrogen) atoms. The topological polar surface area (TPSA) is 64.8 Å². The molecular formula is C17H25ClN2O3. The minimum absolute atomic E-state index is 0.316. The lowest BCUT2D eigenvalue weighted by molar-refractivity contribution is -0.144. The van der Waals surface area contributed by atoms with Crippen LogP contribution in [0.3, 0.4) is 0 Å². The van der Waals surface area contributed by atoms with E-state index in [0.717, 1.165) is 35.7 Å². The van der Waals surface area contributed by atoms with Crippen molar-refractivity contribution in [1.29, 1.82) is 0 Å². The summed E-state index contributed by atoms with van der Waals surface area (Å²) in [5, 5.41) is 0.616. The van der Waals surface area contributed by atoms with Crippen molar-refractivity contribution in [3.63, 3.8) is 0 Å². The number of hydrogen-bond donors (Lipinski definition) is 1. The van der Waals surface area contributed by atoms with Crippen molar-refractivity contribution in [3.05, 3.63) is 22.2 Å². The van der Waals surface area contributed by atoms with Gasteiger partial charge < -0.3 is 20.1 Å². The van der Waals surface area contributed by atoms with Gasteiger partial charge in [-0.1, -0.05) is 11.6 Å². The van der Waals surface area contributed by atoms with E-state index in [-0.39, 0.29) is 0 Å². The zero-order chi connectivity index (χ0) is 17.0. The summed E-state index contributed by atoms with van der Waals surface area (Å²) in [4.78, 5) is 14.1. The van der Waals surface area contributed by atoms with E-state index in [2.05, 4.69) is 4.90 Å². The van der Waals surface area contributed by atoms with Crippen LogP contribution in [0.25, 0.3) is 0 Å². The van der Waals surface area contributed by atoms with Gasteiger partial charge in [0.2, 0.25) is 0 Å². The van der Waals surface area contributed by atoms with Gasteiger partial charge in [-0.3, -0.25) is 4.79 Å². The molecule has 1 aliphatic heterocycles. The average Bonchev–Trinajstić information content (AvgIpc) is 3.05. The number of carbonyl (C=O) groups is 1. The second-order valence-corrected chi connectivity index (χ2v) is 6.18. The van der Waals surface area contributed by atoms with Gasteiger partial charge in [0.15, 0.2) is 0 Å². The number of benzene rings is 1. The molecule has 1 aromatic rings. The van der Waals surface area contributed by atoms with Crippen LogP contribution in [0.5, 0.6) is 5.75 Å². The highest BCUT2D eigenvalue weighted by molar-refractivity contribution is 6.32. The van der Waals surface area contributed by atoms with Gasteiger partial charge in [-0.2, -0.15) is 0 Å². The molecule has 5 nitrogen and oxygen atoms in total. The van der Waals surface area contributed by atoms with Crippen molar-refractivity contribution >= 4 is 23.3 Å². The van der Waals surface area contributed by atoms with Crippen LogP contribution >= 0.6 is 11.6 Å². The van der Waals surface area contributed by atoms with Crippen molar-refractivity contribution < 1.29 is 14.3 Å². The first-order chi connectivity index (χ1) is 11.0. The maximum atomic E-state index is 11.8. The Morgan fingerprint density at radius 2 is 2.09 bits per heavy atom. The molecule has 128 valence electrons. The Hall–Kier alpha value is -1.46. The highest BCUT2D eigenvalue weighted by Gasteiger charge is 2.24. The van der Waals surface area contributed by atoms with Crippen LogP contribution in [-0.2, 0) is 16.0 Å². The van der Waals surface area contributed by atoms with Gasteiger partial charge >= 0.3 is 5.97 Å². The Morgan fingerprint density at radius 3 is 2.65 bits per heavy atom. The van der Waals surface area contributed by atoms with Crippen molar-refractivity contribution in [3.8, 4) is 5.75 Å². The Balaban J connectivity index is 2.32. The maximum Gasteiger partial charge on any atom is 0.323 e. The van der Waals surface area contributed by atoms with Crippen LogP contribution in [0.2, 0.25) is 5.02 Å². The molecule has 2 rings (SSSR count). The highest BCUT2D eigenvalue weighted by Crippen LogP contribution is 2.39. The fourth-order valence-electron chi connectivity index (χ4n) is 3.03. The summed E-state index contributed by atoms with van der Waals surface area (Å²) in [5.74, 6) is 0.396. The van der Waals surface area contributed by atoms with Crippen molar-refractivity contribution in [2.24, 2.45) is 5.73 Å². The highest BCUT2D eigenvalue weighted by atomic mass is 35.5. The Morgan fingerprint density at radius 1 is 1.43 bits per heavy atom. The molecule has 0 spiro atoms. The van der Waals surface area contributed by atoms with Crippen LogP contribution in [0.4, 0.5) is 5.69 Å². The maximum absolute atomic E-state index is 11.8. The van der Waals surface area contributed by atoms with Gasteiger partial charge in [0.25, 0.3) is 0 Å². The SMILES string of the molecule is CCOC(=O)C(N)Cc1c(Cl)cc(N2CCCC2)c(OC)c1C. The van der Waals surface area contributed by atoms with E-state index in [0.29, 0.717) is 18.1 Å². The molecule has 0 aromatic heterocycles. The lowest BCUT2D eigenvalue weighted by Gasteiger charge is -2.24. The molecule has 1 saturated heterocycles. The van der Waals surface area contributed by atoms with E-state index < -0.39 is 12.0 Å². The number of rotatable bonds is 6. The number of nitrogens with zero attached hydrogens (tertiary/aromatic N) is 1. The summed E-state index contributed by atoms with van der Waals surface area (Å²) in [6, 6.07) is 1.19. The molecule has 0 radical (unpaired) electrons. The standard InChI is InChI=1S/C17H25ClN2O3/c1-4-23-17(21)14(19)9-12-11(2)16(22-3)15(10-13(12)18)20-7-5-6-8-20/h10,14H,4-9,19H2,1-3H3. The molecule has 1 unspecified atom stereocenters. The van der Waals surface area contributed by atoms with Gasteiger partial charge in [-0.05, 0) is 43.9 Å². The molecule has 1 heterocycles. The molecule has 0 saturated carbocycles. The Bertz CT molecular complexity index is 571. The van der Waals surface area contributed by atoms with E-state index in [1.165, 1.54) is 12.8 Å². The first kappa shape index (κ1) is 17.9. The van der Waals surface area contributed by atoms with Crippen LogP contribution in [-0.4, -0.2) is 38.8 Å². The molecule has 0 aliphatic carbocycles. The second-order valence-electron chi connectivity index (χ2n) is 5.77. The monoisotopic (exact) mass is 340 g/mol. The van der Waals surface area contributed by atoms with Gasteiger partial charge in [-0.25, -0.2) is 0 Å². The molecule has 0 amide bonds. The third kappa shape index (κ3) is 3.90. The number of esters is 1. The third-order valence-electron chi connectivity index (χ3n) is 4.24. The second kappa shape index (κ2) is 7.88. The predicted octanol–water partition coefficient (Wildman–Crippen LogP) is 2.69. The molecule has 1 aliphatic rings. The van der Waals surface area contributed by atoms with E-state index in [9.17, 15) is 4.79 Å². The molecule has 6 heteroatoms. The average molecular weight is 341 g/mol. The summed E-state index contributed by atoms with van der Waals surface area (Å²) < 4.78 is 10.6. The van der Waals surface area contributed by atoms with E-state index >= 15 is 0 Å². The quantitative estimate of drug-likeness (QED) is 0.806. The van der Waals surface area contributed by atoms with Gasteiger partial charge in [-0.15, -0.1) is 0 Å². The summed E-state index contributed by atoms with van der Waals surface area (Å²) >= 11 is 6.48. The van der Waals surface area contributed by atoms with Crippen LogP contribution in [0.15, 0.2) is 6.07 Å². The minimum atomic E-state index is -0.728. The van der Waals surface area contributed by atoms with E-state index in [1.807, 2.05) is 13.0 Å². The molecule has 0 bridgehead atoms. The predicted molar refractivity (Wildman–Crippen MR) is 92.5 cm³/mol. The largest absolute Gasteiger partial charge is 0.494 e. The summed E-state index contributed by atoms with van der Waals surface area (Å²) in [5.41, 5.74) is 8.73. The number of methoxy groups -OCH3 is 1. The van der Waals surface area contributed by atoms with Crippen LogP contribution in [0.1, 0.15) is 30.9 Å². The summed E-state index contributed by atoms with van der Waals surface area (Å²) in [6.07, 6.45) is 2.69. The summed E-state index contributed by atoms with van der Waals surface area (Å²) in [6.45, 7) is 6.05. The van der Waals surface area contributed by atoms with Crippen LogP contribution < -0.4 is 15.4 Å². The number of halogens is 1. The fourth-order valence-corrected chi connectivity index (χ4v) is 3.36. The van der Waals surface area contributed by atoms with E-state index in [4.69, 9.17) is 26.8 Å². The van der Waals surface area contributed by atoms with E-state index in [1.54, 1.807) is 14.0 Å². The van der Waals surface area contributed by atoms with Crippen molar-refractivity contribution in [2.45, 2.75) is 39.2 Å². The first-order valence-corrected chi connectivity index (χ1v) is 8.40. The van der Waals surface area contributed by atoms with Crippen molar-refractivity contribution in [1.82, 2.24) is 0 Å². The lowest BCUT2D eigenvalue weighted by Crippen LogP contribution is -2.34. The van der Waals surface area contributed by atoms with Crippen LogP contribution in [0, 0.1) is 6.92 Å². The fraction of sp³-hybridized carbons (Fsp3) is 0.588. The molecular weight excluding hydrogens is 316 g/mol. The zero-order valence-electron chi connectivity index (χ0n) is 14.0. The number of carbonyl (C=O) groups excluding carboxylic acids is 1. The third-order valence-corrected chi connectivity index (χ3v) is 4.58. The molecule has 1 aromatic carbocycles. The van der Waals surface area contributed by atoms with Gasteiger partial charge in [0, 0.05) is 24.5 Å². The van der Waals surface area contributed by atoms with Gasteiger partial charge in [0.1, 0.15) is 11.8 Å². The van der Waals surface area contributed by atoms with Gasteiger partial charge in [0.05, 0.1) is 19.4 Å². The normalized spacial score (nSPS) is 15.6. The number of nitrogens with two attached hydrogens (primary N) is 1. The zero-order valence-corrected chi connectivity index (χ0v) is 14.8. The Kier molecular flexibility index (Phi) is 6.13. The summed E-state index contributed by atoms with van der Waals surface area (Å²) in [7, 11) is 1.66. The lowest BCUT2D eigenvalue weighted by atomic mass is 9.99. The smallest absolute Gasteiger partial charge is 0.323 e. The number of ether oxygens (including phenoxy) is 2. The molecule has 2 N–H and O–H groups in total.